The van der Waals surface area contributed by atoms with Crippen LogP contribution in [0, 0.1) is 0 Å². The fourth-order valence-electron chi connectivity index (χ4n) is 3.74. The number of aromatic nitrogens is 5. The lowest BCUT2D eigenvalue weighted by Crippen LogP contribution is -2.47. The first-order valence-electron chi connectivity index (χ1n) is 10.2. The van der Waals surface area contributed by atoms with Crippen molar-refractivity contribution in [2.75, 3.05) is 75.4 Å². The summed E-state index contributed by atoms with van der Waals surface area (Å²) >= 11 is 0. The number of ether oxygens (including phenoxy) is 3. The summed E-state index contributed by atoms with van der Waals surface area (Å²) in [6.07, 6.45) is 3.90. The molecule has 4 rings (SSSR count). The van der Waals surface area contributed by atoms with Gasteiger partial charge in [0.2, 0.25) is 11.9 Å². The van der Waals surface area contributed by atoms with Crippen molar-refractivity contribution in [3.8, 4) is 12.0 Å². The van der Waals surface area contributed by atoms with Crippen LogP contribution in [0.2, 0.25) is 0 Å². The minimum atomic E-state index is 0.248. The first-order valence-corrected chi connectivity index (χ1v) is 10.2. The fourth-order valence-corrected chi connectivity index (χ4v) is 3.74. The number of hydrogen-bond donors (Lipinski definition) is 0. The van der Waals surface area contributed by atoms with Gasteiger partial charge in [-0.3, -0.25) is 0 Å². The molecule has 2 aromatic heterocycles. The maximum absolute atomic E-state index is 5.43. The topological polar surface area (TPSA) is 102 Å². The third-order valence-electron chi connectivity index (χ3n) is 5.46. The highest BCUT2D eigenvalue weighted by atomic mass is 16.5. The average molecular weight is 416 g/mol. The summed E-state index contributed by atoms with van der Waals surface area (Å²) in [4.78, 5) is 28.7. The lowest BCUT2D eigenvalue weighted by atomic mass is 10.0. The number of morpholine rings is 1. The van der Waals surface area contributed by atoms with Crippen LogP contribution >= 0.6 is 0 Å². The van der Waals surface area contributed by atoms with Crippen LogP contribution in [0.1, 0.15) is 12.8 Å². The van der Waals surface area contributed by atoms with Gasteiger partial charge in [0, 0.05) is 45.5 Å². The van der Waals surface area contributed by atoms with E-state index in [1.54, 1.807) is 0 Å². The zero-order valence-electron chi connectivity index (χ0n) is 17.7. The number of hydrogen-bond acceptors (Lipinski definition) is 11. The maximum Gasteiger partial charge on any atom is 0.324 e. The fraction of sp³-hybridized carbons (Fsp3) is 0.632. The summed E-state index contributed by atoms with van der Waals surface area (Å²) in [5, 5.41) is 0. The van der Waals surface area contributed by atoms with E-state index in [9.17, 15) is 0 Å². The van der Waals surface area contributed by atoms with Crippen LogP contribution in [0.25, 0.3) is 0 Å². The van der Waals surface area contributed by atoms with Gasteiger partial charge in [-0.2, -0.15) is 15.0 Å². The van der Waals surface area contributed by atoms with Gasteiger partial charge < -0.3 is 28.9 Å². The van der Waals surface area contributed by atoms with Gasteiger partial charge in [-0.25, -0.2) is 4.98 Å². The molecule has 0 aliphatic carbocycles. The Morgan fingerprint density at radius 2 is 1.70 bits per heavy atom. The van der Waals surface area contributed by atoms with Gasteiger partial charge in [-0.15, -0.1) is 4.98 Å². The third-order valence-corrected chi connectivity index (χ3v) is 5.46. The summed E-state index contributed by atoms with van der Waals surface area (Å²) in [5.74, 6) is 2.22. The van der Waals surface area contributed by atoms with Gasteiger partial charge in [-0.05, 0) is 18.9 Å². The Hall–Kier alpha value is -2.95. The minimum absolute atomic E-state index is 0.248. The molecule has 0 bridgehead atoms. The molecule has 4 heterocycles. The smallest absolute Gasteiger partial charge is 0.324 e. The molecule has 1 atom stereocenters. The molecule has 0 spiro atoms. The molecule has 0 N–H and O–H groups in total. The van der Waals surface area contributed by atoms with Crippen LogP contribution in [0.5, 0.6) is 12.0 Å². The Kier molecular flexibility index (Phi) is 6.26. The Balaban J connectivity index is 1.49. The number of methoxy groups -OCH3 is 2. The molecule has 2 saturated heterocycles. The van der Waals surface area contributed by atoms with E-state index in [0.717, 1.165) is 50.8 Å². The number of anilines is 3. The lowest BCUT2D eigenvalue weighted by Gasteiger charge is -2.38. The molecule has 2 fully saturated rings. The first-order chi connectivity index (χ1) is 14.7. The zero-order valence-corrected chi connectivity index (χ0v) is 17.7. The van der Waals surface area contributed by atoms with Crippen LogP contribution in [-0.4, -0.2) is 91.6 Å². The van der Waals surface area contributed by atoms with E-state index >= 15 is 0 Å². The Morgan fingerprint density at radius 1 is 0.967 bits per heavy atom. The molecule has 0 aromatic carbocycles. The lowest BCUT2D eigenvalue weighted by molar-refractivity contribution is 0.122. The highest BCUT2D eigenvalue weighted by Crippen LogP contribution is 2.25. The summed E-state index contributed by atoms with van der Waals surface area (Å²) in [7, 11) is 5.15. The molecule has 0 amide bonds. The van der Waals surface area contributed by atoms with E-state index in [1.807, 2.05) is 12.3 Å². The predicted molar refractivity (Wildman–Crippen MR) is 112 cm³/mol. The molecule has 2 aliphatic heterocycles. The highest BCUT2D eigenvalue weighted by Gasteiger charge is 2.27. The van der Waals surface area contributed by atoms with Crippen molar-refractivity contribution in [3.05, 3.63) is 12.3 Å². The summed E-state index contributed by atoms with van der Waals surface area (Å²) in [6, 6.07) is 2.72. The van der Waals surface area contributed by atoms with Crippen molar-refractivity contribution >= 4 is 17.7 Å². The van der Waals surface area contributed by atoms with Gasteiger partial charge >= 0.3 is 12.0 Å². The Morgan fingerprint density at radius 3 is 2.40 bits per heavy atom. The second kappa shape index (κ2) is 9.24. The zero-order chi connectivity index (χ0) is 20.9. The van der Waals surface area contributed by atoms with Crippen LogP contribution < -0.4 is 24.2 Å². The molecular formula is C19H28N8O3. The molecule has 162 valence electrons. The Bertz CT molecular complexity index is 826. The molecule has 11 nitrogen and oxygen atoms in total. The molecule has 11 heteroatoms. The van der Waals surface area contributed by atoms with Crippen molar-refractivity contribution in [3.63, 3.8) is 0 Å². The SMILES string of the molecule is COc1nc(OC)nc(N2CCCC(N(C)c3ccnc(N4CCOCC4)n3)C2)n1. The number of likely N-dealkylation sites (N-methyl/N-ethyl adjacent to an activating group) is 1. The van der Waals surface area contributed by atoms with Crippen molar-refractivity contribution < 1.29 is 14.2 Å². The van der Waals surface area contributed by atoms with Gasteiger partial charge in [0.1, 0.15) is 5.82 Å². The maximum atomic E-state index is 5.43. The monoisotopic (exact) mass is 416 g/mol. The highest BCUT2D eigenvalue weighted by molar-refractivity contribution is 5.45. The molecule has 30 heavy (non-hydrogen) atoms. The number of rotatable bonds is 6. The van der Waals surface area contributed by atoms with Gasteiger partial charge in [0.05, 0.1) is 27.4 Å². The number of nitrogens with zero attached hydrogens (tertiary/aromatic N) is 8. The molecule has 0 saturated carbocycles. The summed E-state index contributed by atoms with van der Waals surface area (Å²) < 4.78 is 15.8. The van der Waals surface area contributed by atoms with E-state index in [2.05, 4.69) is 41.7 Å². The van der Waals surface area contributed by atoms with Crippen molar-refractivity contribution in [1.29, 1.82) is 0 Å². The quantitative estimate of drug-likeness (QED) is 0.662. The summed E-state index contributed by atoms with van der Waals surface area (Å²) in [6.45, 7) is 4.67. The average Bonchev–Trinajstić information content (AvgIpc) is 2.84. The number of piperidine rings is 1. The first kappa shape index (κ1) is 20.3. The molecule has 2 aliphatic rings. The minimum Gasteiger partial charge on any atom is -0.467 e. The molecule has 1 unspecified atom stereocenters. The standard InChI is InChI=1S/C19H28N8O3/c1-25(15-6-7-20-16(21-15)26-9-11-30-12-10-26)14-5-4-8-27(13-14)17-22-18(28-2)24-19(23-17)29-3/h6-7,14H,4-5,8-13H2,1-3H3. The van der Waals surface area contributed by atoms with Crippen LogP contribution in [0.3, 0.4) is 0 Å². The van der Waals surface area contributed by atoms with Gasteiger partial charge in [-0.1, -0.05) is 0 Å². The van der Waals surface area contributed by atoms with E-state index in [-0.39, 0.29) is 18.1 Å². The van der Waals surface area contributed by atoms with Crippen LogP contribution in [0.15, 0.2) is 12.3 Å². The van der Waals surface area contributed by atoms with Crippen LogP contribution in [-0.2, 0) is 4.74 Å². The van der Waals surface area contributed by atoms with Gasteiger partial charge in [0.15, 0.2) is 0 Å². The van der Waals surface area contributed by atoms with Crippen molar-refractivity contribution in [1.82, 2.24) is 24.9 Å². The second-order valence-corrected chi connectivity index (χ2v) is 7.28. The molecule has 0 radical (unpaired) electrons. The second-order valence-electron chi connectivity index (χ2n) is 7.28. The molecule has 2 aromatic rings. The van der Waals surface area contributed by atoms with Crippen molar-refractivity contribution in [2.24, 2.45) is 0 Å². The van der Waals surface area contributed by atoms with E-state index in [4.69, 9.17) is 19.2 Å². The third kappa shape index (κ3) is 4.45. The normalized spacial score (nSPS) is 19.5. The van der Waals surface area contributed by atoms with Crippen molar-refractivity contribution in [2.45, 2.75) is 18.9 Å². The van der Waals surface area contributed by atoms with E-state index < -0.39 is 0 Å². The predicted octanol–water partition coefficient (Wildman–Crippen LogP) is 0.621. The molecular weight excluding hydrogens is 388 g/mol. The van der Waals surface area contributed by atoms with Crippen LogP contribution in [0.4, 0.5) is 17.7 Å². The van der Waals surface area contributed by atoms with E-state index in [1.165, 1.54) is 14.2 Å². The largest absolute Gasteiger partial charge is 0.467 e. The van der Waals surface area contributed by atoms with E-state index in [0.29, 0.717) is 19.2 Å². The summed E-state index contributed by atoms with van der Waals surface area (Å²) in [5.41, 5.74) is 0. The Labute approximate surface area is 176 Å². The van der Waals surface area contributed by atoms with Gasteiger partial charge in [0.25, 0.3) is 0 Å².